The zero-order chi connectivity index (χ0) is 16.2. The Morgan fingerprint density at radius 3 is 3.09 bits per heavy atom. The summed E-state index contributed by atoms with van der Waals surface area (Å²) in [7, 11) is 0. The maximum atomic E-state index is 12.4. The minimum atomic E-state index is 0.0564. The molecule has 1 atom stereocenters. The highest BCUT2D eigenvalue weighted by atomic mass is 32.1. The summed E-state index contributed by atoms with van der Waals surface area (Å²) >= 11 is 1.66. The lowest BCUT2D eigenvalue weighted by atomic mass is 9.97. The molecule has 2 aromatic rings. The smallest absolute Gasteiger partial charge is 0.224 e. The molecule has 0 radical (unpaired) electrons. The molecular formula is C17H23N3O2S. The maximum Gasteiger partial charge on any atom is 0.224 e. The Bertz CT molecular complexity index is 631. The molecule has 0 aliphatic carbocycles. The van der Waals surface area contributed by atoms with Gasteiger partial charge in [0.2, 0.25) is 5.91 Å². The van der Waals surface area contributed by atoms with Crippen molar-refractivity contribution in [2.45, 2.75) is 39.8 Å². The number of rotatable bonds is 5. The zero-order valence-electron chi connectivity index (χ0n) is 13.7. The number of likely N-dealkylation sites (tertiary alicyclic amines) is 1. The number of thiazole rings is 1. The molecule has 0 spiro atoms. The summed E-state index contributed by atoms with van der Waals surface area (Å²) in [6.45, 7) is 7.20. The number of furan rings is 1. The van der Waals surface area contributed by atoms with Gasteiger partial charge < -0.3 is 9.73 Å². The van der Waals surface area contributed by atoms with E-state index in [4.69, 9.17) is 4.42 Å². The lowest BCUT2D eigenvalue weighted by Crippen LogP contribution is -2.42. The van der Waals surface area contributed by atoms with Crippen molar-refractivity contribution in [2.24, 2.45) is 5.92 Å². The number of hydrogen-bond donors (Lipinski definition) is 1. The quantitative estimate of drug-likeness (QED) is 0.914. The second-order valence-electron chi connectivity index (χ2n) is 6.12. The van der Waals surface area contributed by atoms with Gasteiger partial charge in [-0.2, -0.15) is 0 Å². The predicted molar refractivity (Wildman–Crippen MR) is 90.1 cm³/mol. The van der Waals surface area contributed by atoms with E-state index in [2.05, 4.69) is 22.1 Å². The van der Waals surface area contributed by atoms with Gasteiger partial charge in [0.15, 0.2) is 0 Å². The van der Waals surface area contributed by atoms with E-state index in [0.29, 0.717) is 6.54 Å². The molecule has 1 fully saturated rings. The molecule has 6 heteroatoms. The number of amides is 1. The number of carbonyl (C=O) groups is 1. The molecule has 1 aliphatic rings. The molecule has 2 aromatic heterocycles. The zero-order valence-corrected chi connectivity index (χ0v) is 14.5. The molecular weight excluding hydrogens is 310 g/mol. The first-order chi connectivity index (χ1) is 11.1. The van der Waals surface area contributed by atoms with Crippen LogP contribution in [0.15, 0.2) is 22.8 Å². The first kappa shape index (κ1) is 16.2. The summed E-state index contributed by atoms with van der Waals surface area (Å²) in [4.78, 5) is 20.4. The average molecular weight is 333 g/mol. The molecule has 1 saturated heterocycles. The Kier molecular flexibility index (Phi) is 5.13. The predicted octanol–water partition coefficient (Wildman–Crippen LogP) is 2.88. The molecule has 3 rings (SSSR count). The molecule has 1 amide bonds. The van der Waals surface area contributed by atoms with Crippen LogP contribution in [0.4, 0.5) is 0 Å². The lowest BCUT2D eigenvalue weighted by Gasteiger charge is -2.31. The number of aryl methyl sites for hydroxylation is 2. The van der Waals surface area contributed by atoms with Crippen LogP contribution in [0.5, 0.6) is 0 Å². The van der Waals surface area contributed by atoms with E-state index >= 15 is 0 Å². The molecule has 3 heterocycles. The van der Waals surface area contributed by atoms with Gasteiger partial charge in [-0.15, -0.1) is 11.3 Å². The Morgan fingerprint density at radius 2 is 2.39 bits per heavy atom. The monoisotopic (exact) mass is 333 g/mol. The third-order valence-corrected chi connectivity index (χ3v) is 5.40. The number of piperidine rings is 1. The van der Waals surface area contributed by atoms with Gasteiger partial charge in [0, 0.05) is 11.4 Å². The topological polar surface area (TPSA) is 58.4 Å². The molecule has 0 aromatic carbocycles. The standard InChI is InChI=1S/C17H23N3O2S/c1-12-13(2)23-16(19-12)9-18-17(21)14-5-3-7-20(10-14)11-15-6-4-8-22-15/h4,6,8,14H,3,5,7,9-11H2,1-2H3,(H,18,21)/t14-/m0/s1. The first-order valence-corrected chi connectivity index (χ1v) is 8.89. The van der Waals surface area contributed by atoms with Gasteiger partial charge in [0.1, 0.15) is 10.8 Å². The van der Waals surface area contributed by atoms with E-state index in [1.54, 1.807) is 17.6 Å². The van der Waals surface area contributed by atoms with Crippen LogP contribution < -0.4 is 5.32 Å². The van der Waals surface area contributed by atoms with Crippen LogP contribution in [0.25, 0.3) is 0 Å². The van der Waals surface area contributed by atoms with Crippen LogP contribution in [0.2, 0.25) is 0 Å². The molecule has 1 N–H and O–H groups in total. The fourth-order valence-electron chi connectivity index (χ4n) is 2.96. The Balaban J connectivity index is 1.50. The van der Waals surface area contributed by atoms with Crippen molar-refractivity contribution < 1.29 is 9.21 Å². The van der Waals surface area contributed by atoms with Gasteiger partial charge >= 0.3 is 0 Å². The van der Waals surface area contributed by atoms with E-state index in [1.807, 2.05) is 19.1 Å². The van der Waals surface area contributed by atoms with Crippen molar-refractivity contribution in [1.29, 1.82) is 0 Å². The van der Waals surface area contributed by atoms with E-state index in [-0.39, 0.29) is 11.8 Å². The molecule has 124 valence electrons. The summed E-state index contributed by atoms with van der Waals surface area (Å²) in [6.07, 6.45) is 3.70. The second kappa shape index (κ2) is 7.27. The molecule has 23 heavy (non-hydrogen) atoms. The maximum absolute atomic E-state index is 12.4. The largest absolute Gasteiger partial charge is 0.468 e. The van der Waals surface area contributed by atoms with Gasteiger partial charge in [-0.3, -0.25) is 9.69 Å². The van der Waals surface area contributed by atoms with Crippen molar-refractivity contribution in [3.8, 4) is 0 Å². The minimum Gasteiger partial charge on any atom is -0.468 e. The summed E-state index contributed by atoms with van der Waals surface area (Å²) in [6, 6.07) is 3.89. The van der Waals surface area contributed by atoms with Crippen molar-refractivity contribution in [2.75, 3.05) is 13.1 Å². The minimum absolute atomic E-state index is 0.0564. The number of nitrogens with zero attached hydrogens (tertiary/aromatic N) is 2. The molecule has 0 saturated carbocycles. The third kappa shape index (κ3) is 4.20. The fourth-order valence-corrected chi connectivity index (χ4v) is 3.83. The number of hydrogen-bond acceptors (Lipinski definition) is 5. The van der Waals surface area contributed by atoms with Crippen LogP contribution in [-0.4, -0.2) is 28.9 Å². The van der Waals surface area contributed by atoms with Crippen molar-refractivity contribution in [1.82, 2.24) is 15.2 Å². The SMILES string of the molecule is Cc1nc(CNC(=O)[C@H]2CCCN(Cc3ccco3)C2)sc1C. The highest BCUT2D eigenvalue weighted by Crippen LogP contribution is 2.20. The van der Waals surface area contributed by atoms with Gasteiger partial charge in [0.05, 0.1) is 31.0 Å². The van der Waals surface area contributed by atoms with E-state index in [0.717, 1.165) is 48.9 Å². The summed E-state index contributed by atoms with van der Waals surface area (Å²) in [5.41, 5.74) is 1.06. The van der Waals surface area contributed by atoms with Crippen LogP contribution in [-0.2, 0) is 17.9 Å². The lowest BCUT2D eigenvalue weighted by molar-refractivity contribution is -0.127. The molecule has 0 unspecified atom stereocenters. The normalized spacial score (nSPS) is 19.0. The van der Waals surface area contributed by atoms with E-state index < -0.39 is 0 Å². The second-order valence-corrected chi connectivity index (χ2v) is 7.41. The molecule has 0 bridgehead atoms. The highest BCUT2D eigenvalue weighted by Gasteiger charge is 2.26. The Morgan fingerprint density at radius 1 is 1.52 bits per heavy atom. The Hall–Kier alpha value is -1.66. The fraction of sp³-hybridized carbons (Fsp3) is 0.529. The third-order valence-electron chi connectivity index (χ3n) is 4.32. The van der Waals surface area contributed by atoms with Gasteiger partial charge in [-0.1, -0.05) is 0 Å². The molecule has 5 nitrogen and oxygen atoms in total. The van der Waals surface area contributed by atoms with E-state index in [1.165, 1.54) is 4.88 Å². The van der Waals surface area contributed by atoms with Gasteiger partial charge in [0.25, 0.3) is 0 Å². The van der Waals surface area contributed by atoms with Crippen LogP contribution in [0.3, 0.4) is 0 Å². The van der Waals surface area contributed by atoms with Gasteiger partial charge in [-0.05, 0) is 45.4 Å². The number of nitrogens with one attached hydrogen (secondary N) is 1. The summed E-state index contributed by atoms with van der Waals surface area (Å²) in [5.74, 6) is 1.15. The summed E-state index contributed by atoms with van der Waals surface area (Å²) < 4.78 is 5.40. The first-order valence-electron chi connectivity index (χ1n) is 8.07. The van der Waals surface area contributed by atoms with Crippen LogP contribution in [0, 0.1) is 19.8 Å². The number of aromatic nitrogens is 1. The summed E-state index contributed by atoms with van der Waals surface area (Å²) in [5, 5.41) is 4.03. The Labute approximate surface area is 140 Å². The average Bonchev–Trinajstić information content (AvgIpc) is 3.15. The van der Waals surface area contributed by atoms with Crippen molar-refractivity contribution >= 4 is 17.2 Å². The molecule has 1 aliphatic heterocycles. The van der Waals surface area contributed by atoms with E-state index in [9.17, 15) is 4.79 Å². The highest BCUT2D eigenvalue weighted by molar-refractivity contribution is 7.11. The van der Waals surface area contributed by atoms with Crippen molar-refractivity contribution in [3.05, 3.63) is 39.7 Å². The van der Waals surface area contributed by atoms with Gasteiger partial charge in [-0.25, -0.2) is 4.98 Å². The van der Waals surface area contributed by atoms with Crippen molar-refractivity contribution in [3.63, 3.8) is 0 Å². The van der Waals surface area contributed by atoms with Crippen LogP contribution >= 0.6 is 11.3 Å². The van der Waals surface area contributed by atoms with Crippen LogP contribution in [0.1, 0.15) is 34.2 Å². The number of carbonyl (C=O) groups excluding carboxylic acids is 1.